The first-order chi connectivity index (χ1) is 14.3. The van der Waals surface area contributed by atoms with Crippen molar-refractivity contribution in [1.82, 2.24) is 9.88 Å². The third-order valence-electron chi connectivity index (χ3n) is 4.56. The maximum atomic E-state index is 13.0. The van der Waals surface area contributed by atoms with Gasteiger partial charge in [-0.1, -0.05) is 35.1 Å². The Balaban J connectivity index is 0.00000341. The van der Waals surface area contributed by atoms with Crippen LogP contribution in [0.4, 0.5) is 5.13 Å². The summed E-state index contributed by atoms with van der Waals surface area (Å²) < 4.78 is 26.0. The SMILES string of the molecule is CN(C)CCN(C(=O)CCCS(=O)(=O)c1ccc(Cl)cc1)c1nc2ccccc2s1.Cl. The van der Waals surface area contributed by atoms with E-state index < -0.39 is 9.84 Å². The van der Waals surface area contributed by atoms with Crippen LogP contribution in [0, 0.1) is 0 Å². The zero-order valence-corrected chi connectivity index (χ0v) is 20.5. The molecule has 0 bridgehead atoms. The molecule has 3 rings (SSSR count). The van der Waals surface area contributed by atoms with Crippen molar-refractivity contribution in [2.24, 2.45) is 0 Å². The number of aromatic nitrogens is 1. The van der Waals surface area contributed by atoms with Crippen molar-refractivity contribution in [1.29, 1.82) is 0 Å². The third kappa shape index (κ3) is 6.89. The lowest BCUT2D eigenvalue weighted by Crippen LogP contribution is -2.36. The second-order valence-electron chi connectivity index (χ2n) is 7.19. The summed E-state index contributed by atoms with van der Waals surface area (Å²) in [5.74, 6) is -0.218. The summed E-state index contributed by atoms with van der Waals surface area (Å²) in [5.41, 5.74) is 0.852. The van der Waals surface area contributed by atoms with Gasteiger partial charge < -0.3 is 4.90 Å². The Morgan fingerprint density at radius 2 is 1.74 bits per heavy atom. The van der Waals surface area contributed by atoms with Crippen LogP contribution in [0.3, 0.4) is 0 Å². The van der Waals surface area contributed by atoms with E-state index in [2.05, 4.69) is 4.98 Å². The van der Waals surface area contributed by atoms with Crippen molar-refractivity contribution in [3.8, 4) is 0 Å². The van der Waals surface area contributed by atoms with Crippen LogP contribution in [-0.2, 0) is 14.6 Å². The molecule has 10 heteroatoms. The number of benzene rings is 2. The predicted octanol–water partition coefficient (Wildman–Crippen LogP) is 4.52. The van der Waals surface area contributed by atoms with E-state index in [-0.39, 0.29) is 41.8 Å². The number of amides is 1. The number of carbonyl (C=O) groups excluding carboxylic acids is 1. The summed E-state index contributed by atoms with van der Waals surface area (Å²) in [6.45, 7) is 1.18. The smallest absolute Gasteiger partial charge is 0.228 e. The molecule has 0 aliphatic carbocycles. The molecule has 0 N–H and O–H groups in total. The molecular weight excluding hydrogens is 477 g/mol. The molecule has 0 fully saturated rings. The lowest BCUT2D eigenvalue weighted by Gasteiger charge is -2.22. The van der Waals surface area contributed by atoms with Gasteiger partial charge in [0.05, 0.1) is 20.9 Å². The molecule has 0 atom stereocenters. The molecule has 1 heterocycles. The number of para-hydroxylation sites is 1. The van der Waals surface area contributed by atoms with Gasteiger partial charge in [0.25, 0.3) is 0 Å². The molecule has 0 radical (unpaired) electrons. The summed E-state index contributed by atoms with van der Waals surface area (Å²) in [4.78, 5) is 21.4. The van der Waals surface area contributed by atoms with Crippen LogP contribution >= 0.6 is 35.3 Å². The van der Waals surface area contributed by atoms with Gasteiger partial charge in [-0.15, -0.1) is 12.4 Å². The number of hydrogen-bond acceptors (Lipinski definition) is 6. The summed E-state index contributed by atoms with van der Waals surface area (Å²) in [5, 5.41) is 1.13. The maximum Gasteiger partial charge on any atom is 0.228 e. The molecule has 0 aliphatic rings. The highest BCUT2D eigenvalue weighted by Crippen LogP contribution is 2.29. The van der Waals surface area contributed by atoms with Crippen LogP contribution in [0.15, 0.2) is 53.4 Å². The number of nitrogens with zero attached hydrogens (tertiary/aromatic N) is 3. The van der Waals surface area contributed by atoms with Gasteiger partial charge in [-0.05, 0) is 56.9 Å². The molecule has 1 amide bonds. The van der Waals surface area contributed by atoms with Crippen LogP contribution < -0.4 is 4.90 Å². The number of halogens is 2. The largest absolute Gasteiger partial charge is 0.308 e. The standard InChI is InChI=1S/C21H24ClN3O3S2.ClH/c1-24(2)13-14-25(21-23-18-6-3-4-7-19(18)29-21)20(26)8-5-15-30(27,28)17-11-9-16(22)10-12-17;/h3-4,6-7,9-12H,5,8,13-15H2,1-2H3;1H. The van der Waals surface area contributed by atoms with Crippen LogP contribution in [-0.4, -0.2) is 57.1 Å². The summed E-state index contributed by atoms with van der Waals surface area (Å²) in [6.07, 6.45) is 0.378. The number of rotatable bonds is 9. The van der Waals surface area contributed by atoms with Crippen LogP contribution in [0.2, 0.25) is 5.02 Å². The van der Waals surface area contributed by atoms with Gasteiger partial charge in [-0.25, -0.2) is 13.4 Å². The molecule has 3 aromatic rings. The van der Waals surface area contributed by atoms with E-state index in [1.54, 1.807) is 17.0 Å². The monoisotopic (exact) mass is 501 g/mol. The van der Waals surface area contributed by atoms with Crippen molar-refractivity contribution in [2.45, 2.75) is 17.7 Å². The normalized spacial score (nSPS) is 11.5. The molecule has 0 saturated heterocycles. The molecule has 0 spiro atoms. The van der Waals surface area contributed by atoms with Crippen LogP contribution in [0.25, 0.3) is 10.2 Å². The van der Waals surface area contributed by atoms with Gasteiger partial charge in [0.1, 0.15) is 0 Å². The number of anilines is 1. The Bertz CT molecular complexity index is 1080. The highest BCUT2D eigenvalue weighted by molar-refractivity contribution is 7.91. The summed E-state index contributed by atoms with van der Waals surface area (Å²) in [6, 6.07) is 13.8. The van der Waals surface area contributed by atoms with Gasteiger partial charge in [-0.2, -0.15) is 0 Å². The van der Waals surface area contributed by atoms with Gasteiger partial charge >= 0.3 is 0 Å². The first-order valence-corrected chi connectivity index (χ1v) is 12.4. The van der Waals surface area contributed by atoms with E-state index in [1.165, 1.54) is 23.5 Å². The number of fused-ring (bicyclic) bond motifs is 1. The Kier molecular flexibility index (Phi) is 9.27. The lowest BCUT2D eigenvalue weighted by atomic mass is 10.3. The first-order valence-electron chi connectivity index (χ1n) is 9.55. The third-order valence-corrected chi connectivity index (χ3v) is 7.69. The minimum atomic E-state index is -3.46. The minimum absolute atomic E-state index is 0. The average molecular weight is 502 g/mol. The topological polar surface area (TPSA) is 70.6 Å². The highest BCUT2D eigenvalue weighted by Gasteiger charge is 2.21. The number of sulfone groups is 1. The van der Waals surface area contributed by atoms with E-state index >= 15 is 0 Å². The number of hydrogen-bond donors (Lipinski definition) is 0. The van der Waals surface area contributed by atoms with E-state index in [9.17, 15) is 13.2 Å². The van der Waals surface area contributed by atoms with Crippen molar-refractivity contribution in [3.05, 3.63) is 53.6 Å². The van der Waals surface area contributed by atoms with Crippen LogP contribution in [0.5, 0.6) is 0 Å². The fourth-order valence-corrected chi connectivity index (χ4v) is 5.36. The molecular formula is C21H25Cl2N3O3S2. The number of thiazole rings is 1. The summed E-state index contributed by atoms with van der Waals surface area (Å²) >= 11 is 7.30. The Labute approximate surface area is 198 Å². The van der Waals surface area contributed by atoms with E-state index in [1.807, 2.05) is 43.3 Å². The van der Waals surface area contributed by atoms with E-state index in [0.717, 1.165) is 10.2 Å². The fourth-order valence-electron chi connectivity index (χ4n) is 2.91. The van der Waals surface area contributed by atoms with E-state index in [4.69, 9.17) is 11.6 Å². The second-order valence-corrected chi connectivity index (χ2v) is 10.7. The Morgan fingerprint density at radius 1 is 1.06 bits per heavy atom. The lowest BCUT2D eigenvalue weighted by molar-refractivity contribution is -0.118. The Morgan fingerprint density at radius 3 is 2.39 bits per heavy atom. The number of likely N-dealkylation sites (N-methyl/N-ethyl adjacent to an activating group) is 1. The molecule has 0 saturated carbocycles. The predicted molar refractivity (Wildman–Crippen MR) is 131 cm³/mol. The van der Waals surface area contributed by atoms with Gasteiger partial charge in [-0.3, -0.25) is 9.69 Å². The minimum Gasteiger partial charge on any atom is -0.308 e. The van der Waals surface area contributed by atoms with Crippen molar-refractivity contribution < 1.29 is 13.2 Å². The Hall–Kier alpha value is -1.71. The van der Waals surface area contributed by atoms with E-state index in [0.29, 0.717) is 23.2 Å². The van der Waals surface area contributed by atoms with Crippen molar-refractivity contribution in [2.75, 3.05) is 37.8 Å². The zero-order valence-electron chi connectivity index (χ0n) is 17.3. The van der Waals surface area contributed by atoms with Gasteiger partial charge in [0.15, 0.2) is 15.0 Å². The molecule has 1 aromatic heterocycles. The molecule has 2 aromatic carbocycles. The number of carbonyl (C=O) groups is 1. The summed E-state index contributed by atoms with van der Waals surface area (Å²) in [7, 11) is 0.428. The highest BCUT2D eigenvalue weighted by atomic mass is 35.5. The molecule has 168 valence electrons. The second kappa shape index (κ2) is 11.2. The molecule has 6 nitrogen and oxygen atoms in total. The van der Waals surface area contributed by atoms with Crippen LogP contribution in [0.1, 0.15) is 12.8 Å². The molecule has 31 heavy (non-hydrogen) atoms. The average Bonchev–Trinajstić information content (AvgIpc) is 3.12. The molecule has 0 unspecified atom stereocenters. The van der Waals surface area contributed by atoms with Crippen molar-refractivity contribution >= 4 is 66.4 Å². The fraction of sp³-hybridized carbons (Fsp3) is 0.333. The van der Waals surface area contributed by atoms with Gasteiger partial charge in [0.2, 0.25) is 5.91 Å². The zero-order chi connectivity index (χ0) is 21.7. The van der Waals surface area contributed by atoms with Crippen molar-refractivity contribution in [3.63, 3.8) is 0 Å². The molecule has 0 aliphatic heterocycles. The quantitative estimate of drug-likeness (QED) is 0.430. The van der Waals surface area contributed by atoms with Gasteiger partial charge in [0, 0.05) is 24.5 Å². The maximum absolute atomic E-state index is 13.0. The first kappa shape index (κ1) is 25.5.